The number of rotatable bonds is 1. The first-order valence-electron chi connectivity index (χ1n) is 5.87. The number of halogens is 3. The maximum Gasteiger partial charge on any atom is 0.490 e. The van der Waals surface area contributed by atoms with Gasteiger partial charge in [0.2, 0.25) is 0 Å². The Bertz CT molecular complexity index is 782. The summed E-state index contributed by atoms with van der Waals surface area (Å²) in [5, 5.41) is 28.5. The summed E-state index contributed by atoms with van der Waals surface area (Å²) < 4.78 is 31.7. The average Bonchev–Trinajstić information content (AvgIpc) is 2.45. The molecule has 3 N–H and O–H groups in total. The highest BCUT2D eigenvalue weighted by Crippen LogP contribution is 2.20. The molecule has 2 aromatic rings. The molecule has 6 nitrogen and oxygen atoms in total. The van der Waals surface area contributed by atoms with E-state index in [9.17, 15) is 18.0 Å². The van der Waals surface area contributed by atoms with Crippen molar-refractivity contribution in [3.63, 3.8) is 0 Å². The fourth-order valence-electron chi connectivity index (χ4n) is 1.52. The van der Waals surface area contributed by atoms with Gasteiger partial charge in [0.15, 0.2) is 0 Å². The maximum absolute atomic E-state index is 10.6. The number of hydrogen-bond acceptors (Lipinski definition) is 3. The zero-order valence-corrected chi connectivity index (χ0v) is 11.3. The van der Waals surface area contributed by atoms with Gasteiger partial charge in [0, 0.05) is 5.69 Å². The molecule has 9 heteroatoms. The number of hydrogen-bond donors (Lipinski definition) is 3. The molecule has 0 fully saturated rings. The van der Waals surface area contributed by atoms with E-state index in [1.165, 1.54) is 0 Å². The monoisotopic (exact) mass is 326 g/mol. The van der Waals surface area contributed by atoms with Crippen molar-refractivity contribution < 1.29 is 33.0 Å². The van der Waals surface area contributed by atoms with Crippen LogP contribution in [-0.4, -0.2) is 28.5 Å². The number of alkyl halides is 3. The Labute approximate surface area is 127 Å². The van der Waals surface area contributed by atoms with Crippen LogP contribution in [0.1, 0.15) is 5.56 Å². The van der Waals surface area contributed by atoms with E-state index < -0.39 is 18.2 Å². The molecule has 0 aliphatic rings. The molecule has 0 saturated carbocycles. The van der Waals surface area contributed by atoms with Crippen LogP contribution in [0.4, 0.5) is 23.7 Å². The topological polar surface area (TPSA) is 110 Å². The Morgan fingerprint density at radius 3 is 2.04 bits per heavy atom. The number of carboxylic acid groups (broad SMARTS) is 2. The zero-order valence-electron chi connectivity index (χ0n) is 11.3. The van der Waals surface area contributed by atoms with Gasteiger partial charge >= 0.3 is 18.2 Å². The quantitative estimate of drug-likeness (QED) is 0.743. The molecule has 0 radical (unpaired) electrons. The van der Waals surface area contributed by atoms with Crippen LogP contribution >= 0.6 is 0 Å². The van der Waals surface area contributed by atoms with Crippen molar-refractivity contribution in [3.8, 4) is 6.07 Å². The first-order chi connectivity index (χ1) is 10.6. The van der Waals surface area contributed by atoms with E-state index in [1.54, 1.807) is 36.4 Å². The largest absolute Gasteiger partial charge is 0.490 e. The predicted octanol–water partition coefficient (Wildman–Crippen LogP) is 3.43. The van der Waals surface area contributed by atoms with Gasteiger partial charge in [0.25, 0.3) is 0 Å². The zero-order chi connectivity index (χ0) is 17.6. The van der Waals surface area contributed by atoms with E-state index >= 15 is 0 Å². The lowest BCUT2D eigenvalue weighted by molar-refractivity contribution is -0.192. The molecule has 0 spiro atoms. The number of nitriles is 1. The summed E-state index contributed by atoms with van der Waals surface area (Å²) in [6.07, 6.45) is -6.17. The summed E-state index contributed by atoms with van der Waals surface area (Å²) in [6.45, 7) is 0. The molecule has 0 atom stereocenters. The predicted molar refractivity (Wildman–Crippen MR) is 74.0 cm³/mol. The van der Waals surface area contributed by atoms with Gasteiger partial charge in [-0.3, -0.25) is 5.32 Å². The highest BCUT2D eigenvalue weighted by atomic mass is 19.4. The lowest BCUT2D eigenvalue weighted by Crippen LogP contribution is -2.21. The normalized spacial score (nSPS) is 10.2. The van der Waals surface area contributed by atoms with Crippen LogP contribution in [-0.2, 0) is 4.79 Å². The number of benzene rings is 2. The van der Waals surface area contributed by atoms with Crippen LogP contribution in [0.3, 0.4) is 0 Å². The number of amides is 1. The number of nitrogens with zero attached hydrogens (tertiary/aromatic N) is 1. The van der Waals surface area contributed by atoms with Crippen molar-refractivity contribution in [1.29, 1.82) is 5.26 Å². The van der Waals surface area contributed by atoms with E-state index in [1.807, 2.05) is 0 Å². The van der Waals surface area contributed by atoms with Crippen LogP contribution in [0.2, 0.25) is 0 Å². The van der Waals surface area contributed by atoms with Gasteiger partial charge in [-0.1, -0.05) is 12.1 Å². The van der Waals surface area contributed by atoms with Crippen LogP contribution in [0.5, 0.6) is 0 Å². The van der Waals surface area contributed by atoms with Crippen LogP contribution in [0, 0.1) is 11.3 Å². The van der Waals surface area contributed by atoms with Gasteiger partial charge in [-0.25, -0.2) is 9.59 Å². The molecular weight excluding hydrogens is 317 g/mol. The third-order valence-corrected chi connectivity index (χ3v) is 2.46. The molecule has 0 unspecified atom stereocenters. The van der Waals surface area contributed by atoms with Crippen molar-refractivity contribution in [2.75, 3.05) is 5.32 Å². The number of carboxylic acids is 1. The van der Waals surface area contributed by atoms with Gasteiger partial charge < -0.3 is 10.2 Å². The van der Waals surface area contributed by atoms with Crippen LogP contribution in [0.15, 0.2) is 36.4 Å². The standard InChI is InChI=1S/C12H8N2O2.C2HF3O2/c13-7-8-1-2-10-6-11(14-12(15)16)4-3-9(10)5-8;3-2(4,5)1(6)7/h1-6,14H,(H,15,16);(H,6,7). The molecule has 23 heavy (non-hydrogen) atoms. The maximum atomic E-state index is 10.6. The molecule has 0 heterocycles. The summed E-state index contributed by atoms with van der Waals surface area (Å²) in [7, 11) is 0. The molecule has 0 aliphatic carbocycles. The summed E-state index contributed by atoms with van der Waals surface area (Å²) >= 11 is 0. The minimum absolute atomic E-state index is 0.518. The number of carbonyl (C=O) groups is 2. The second-order valence-corrected chi connectivity index (χ2v) is 4.12. The molecular formula is C14H9F3N2O4. The molecule has 0 saturated heterocycles. The molecule has 0 bridgehead atoms. The van der Waals surface area contributed by atoms with E-state index in [2.05, 4.69) is 11.4 Å². The van der Waals surface area contributed by atoms with Gasteiger partial charge in [-0.2, -0.15) is 18.4 Å². The Balaban J connectivity index is 0.000000322. The fourth-order valence-corrected chi connectivity index (χ4v) is 1.52. The summed E-state index contributed by atoms with van der Waals surface area (Å²) in [4.78, 5) is 19.3. The van der Waals surface area contributed by atoms with Gasteiger partial charge in [0.05, 0.1) is 11.6 Å². The first-order valence-corrected chi connectivity index (χ1v) is 5.87. The van der Waals surface area contributed by atoms with Crippen molar-refractivity contribution in [3.05, 3.63) is 42.0 Å². The van der Waals surface area contributed by atoms with Crippen molar-refractivity contribution >= 4 is 28.5 Å². The summed E-state index contributed by atoms with van der Waals surface area (Å²) in [5.41, 5.74) is 1.11. The van der Waals surface area contributed by atoms with Crippen LogP contribution < -0.4 is 5.32 Å². The highest BCUT2D eigenvalue weighted by molar-refractivity contribution is 5.91. The summed E-state index contributed by atoms with van der Waals surface area (Å²) in [5.74, 6) is -2.76. The second-order valence-electron chi connectivity index (χ2n) is 4.12. The molecule has 0 aliphatic heterocycles. The van der Waals surface area contributed by atoms with E-state index in [0.29, 0.717) is 11.3 Å². The molecule has 1 amide bonds. The number of nitrogens with one attached hydrogen (secondary N) is 1. The van der Waals surface area contributed by atoms with Gasteiger partial charge in [0.1, 0.15) is 0 Å². The average molecular weight is 326 g/mol. The third-order valence-electron chi connectivity index (χ3n) is 2.46. The van der Waals surface area contributed by atoms with Crippen LogP contribution in [0.25, 0.3) is 10.8 Å². The Morgan fingerprint density at radius 1 is 1.04 bits per heavy atom. The van der Waals surface area contributed by atoms with Crippen molar-refractivity contribution in [2.45, 2.75) is 6.18 Å². The van der Waals surface area contributed by atoms with Gasteiger partial charge in [-0.05, 0) is 35.0 Å². The second kappa shape index (κ2) is 7.13. The first kappa shape index (κ1) is 17.8. The Hall–Kier alpha value is -3.28. The number of aliphatic carboxylic acids is 1. The van der Waals surface area contributed by atoms with E-state index in [4.69, 9.17) is 20.3 Å². The molecule has 2 aromatic carbocycles. The lowest BCUT2D eigenvalue weighted by Gasteiger charge is -2.03. The third kappa shape index (κ3) is 5.55. The van der Waals surface area contributed by atoms with Crippen molar-refractivity contribution in [2.24, 2.45) is 0 Å². The van der Waals surface area contributed by atoms with E-state index in [-0.39, 0.29) is 0 Å². The minimum Gasteiger partial charge on any atom is -0.475 e. The SMILES string of the molecule is N#Cc1ccc2cc(NC(=O)O)ccc2c1.O=C(O)C(F)(F)F. The number of fused-ring (bicyclic) bond motifs is 1. The Morgan fingerprint density at radius 2 is 1.57 bits per heavy atom. The molecule has 120 valence electrons. The minimum atomic E-state index is -5.08. The van der Waals surface area contributed by atoms with Crippen molar-refractivity contribution in [1.82, 2.24) is 0 Å². The molecule has 2 rings (SSSR count). The highest BCUT2D eigenvalue weighted by Gasteiger charge is 2.38. The fraction of sp³-hybridized carbons (Fsp3) is 0.0714. The van der Waals surface area contributed by atoms with Gasteiger partial charge in [-0.15, -0.1) is 0 Å². The number of anilines is 1. The molecule has 0 aromatic heterocycles. The summed E-state index contributed by atoms with van der Waals surface area (Å²) in [6, 6.07) is 12.5. The smallest absolute Gasteiger partial charge is 0.475 e. The lowest BCUT2D eigenvalue weighted by atomic mass is 10.1. The van der Waals surface area contributed by atoms with E-state index in [0.717, 1.165) is 10.8 Å². The Kier molecular flexibility index (Phi) is 5.51.